The van der Waals surface area contributed by atoms with Crippen LogP contribution in [0.25, 0.3) is 5.57 Å². The van der Waals surface area contributed by atoms with Gasteiger partial charge in [0.05, 0.1) is 6.04 Å². The first-order valence-electron chi connectivity index (χ1n) is 6.08. The lowest BCUT2D eigenvalue weighted by molar-refractivity contribution is 0.862. The van der Waals surface area contributed by atoms with Crippen LogP contribution in [0, 0.1) is 0 Å². The zero-order valence-electron chi connectivity index (χ0n) is 10.7. The van der Waals surface area contributed by atoms with E-state index < -0.39 is 0 Å². The molecule has 2 rings (SSSR count). The summed E-state index contributed by atoms with van der Waals surface area (Å²) in [6, 6.07) is 5.80. The highest BCUT2D eigenvalue weighted by Gasteiger charge is 2.21. The molecule has 1 aromatic carbocycles. The number of aryl methyl sites for hydroxylation is 1. The third-order valence-corrected chi connectivity index (χ3v) is 3.54. The van der Waals surface area contributed by atoms with Gasteiger partial charge in [-0.3, -0.25) is 0 Å². The Hall–Kier alpha value is -1.31. The molecule has 2 heteroatoms. The molecule has 0 radical (unpaired) electrons. The van der Waals surface area contributed by atoms with Crippen LogP contribution in [0.4, 0.5) is 0 Å². The normalized spacial score (nSPS) is 21.6. The van der Waals surface area contributed by atoms with Crippen LogP contribution in [0.15, 0.2) is 48.6 Å². The van der Waals surface area contributed by atoms with Gasteiger partial charge in [-0.05, 0) is 54.2 Å². The second-order valence-corrected chi connectivity index (χ2v) is 5.31. The molecule has 18 heavy (non-hydrogen) atoms. The summed E-state index contributed by atoms with van der Waals surface area (Å²) in [6.07, 6.45) is 3.95. The fourth-order valence-electron chi connectivity index (χ4n) is 2.39. The van der Waals surface area contributed by atoms with Crippen LogP contribution >= 0.6 is 11.6 Å². The molecule has 0 heterocycles. The van der Waals surface area contributed by atoms with Gasteiger partial charge in [0.2, 0.25) is 0 Å². The summed E-state index contributed by atoms with van der Waals surface area (Å²) >= 11 is 6.05. The summed E-state index contributed by atoms with van der Waals surface area (Å²) in [5, 5.41) is 0.766. The van der Waals surface area contributed by atoms with E-state index in [1.165, 1.54) is 11.1 Å². The largest absolute Gasteiger partial charge is 0.321 e. The summed E-state index contributed by atoms with van der Waals surface area (Å²) in [7, 11) is 0. The van der Waals surface area contributed by atoms with Crippen molar-refractivity contribution in [2.45, 2.75) is 25.8 Å². The van der Waals surface area contributed by atoms with E-state index in [4.69, 9.17) is 17.3 Å². The molecule has 0 amide bonds. The second-order valence-electron chi connectivity index (χ2n) is 4.87. The first kappa shape index (κ1) is 13.1. The number of fused-ring (bicyclic) bond motifs is 1. The Labute approximate surface area is 114 Å². The third-order valence-electron chi connectivity index (χ3n) is 3.30. The monoisotopic (exact) mass is 259 g/mol. The minimum Gasteiger partial charge on any atom is -0.321 e. The van der Waals surface area contributed by atoms with Crippen LogP contribution in [-0.2, 0) is 6.42 Å². The number of nitrogens with two attached hydrogens (primary N) is 1. The van der Waals surface area contributed by atoms with E-state index in [-0.39, 0.29) is 6.04 Å². The van der Waals surface area contributed by atoms with E-state index in [0.29, 0.717) is 0 Å². The van der Waals surface area contributed by atoms with Crippen molar-refractivity contribution < 1.29 is 0 Å². The predicted octanol–water partition coefficient (Wildman–Crippen LogP) is 4.13. The average Bonchev–Trinajstić information content (AvgIpc) is 2.41. The molecule has 1 nitrogen and oxygen atoms in total. The SMILES string of the molecule is C=C(C)/C=C1/CCc2cc(Cl)ccc2C(=C)C1N. The maximum atomic E-state index is 6.28. The number of rotatable bonds is 1. The van der Waals surface area contributed by atoms with Gasteiger partial charge < -0.3 is 5.73 Å². The molecule has 94 valence electrons. The molecule has 1 atom stereocenters. The Bertz CT molecular complexity index is 540. The van der Waals surface area contributed by atoms with Crippen molar-refractivity contribution in [3.8, 4) is 0 Å². The smallest absolute Gasteiger partial charge is 0.0514 e. The lowest BCUT2D eigenvalue weighted by Gasteiger charge is -2.16. The van der Waals surface area contributed by atoms with Crippen molar-refractivity contribution in [2.75, 3.05) is 0 Å². The zero-order chi connectivity index (χ0) is 13.3. The summed E-state index contributed by atoms with van der Waals surface area (Å²) in [4.78, 5) is 0. The molecule has 0 spiro atoms. The van der Waals surface area contributed by atoms with Crippen LogP contribution in [0.2, 0.25) is 5.02 Å². The van der Waals surface area contributed by atoms with Gasteiger partial charge in [-0.2, -0.15) is 0 Å². The van der Waals surface area contributed by atoms with Gasteiger partial charge in [0.1, 0.15) is 0 Å². The Morgan fingerprint density at radius 1 is 1.44 bits per heavy atom. The predicted molar refractivity (Wildman–Crippen MR) is 79.7 cm³/mol. The Balaban J connectivity index is 2.45. The lowest BCUT2D eigenvalue weighted by atomic mass is 9.95. The highest BCUT2D eigenvalue weighted by Crippen LogP contribution is 2.32. The number of benzene rings is 1. The quantitative estimate of drug-likeness (QED) is 0.754. The van der Waals surface area contributed by atoms with Crippen molar-refractivity contribution in [1.29, 1.82) is 0 Å². The maximum absolute atomic E-state index is 6.28. The van der Waals surface area contributed by atoms with Gasteiger partial charge in [0.15, 0.2) is 0 Å². The van der Waals surface area contributed by atoms with Gasteiger partial charge >= 0.3 is 0 Å². The van der Waals surface area contributed by atoms with Crippen molar-refractivity contribution in [3.05, 3.63) is 64.7 Å². The minimum atomic E-state index is -0.121. The van der Waals surface area contributed by atoms with E-state index in [1.807, 2.05) is 25.1 Å². The van der Waals surface area contributed by atoms with Gasteiger partial charge in [0, 0.05) is 5.02 Å². The first-order valence-corrected chi connectivity index (χ1v) is 6.46. The Morgan fingerprint density at radius 3 is 2.83 bits per heavy atom. The zero-order valence-corrected chi connectivity index (χ0v) is 11.4. The van der Waals surface area contributed by atoms with Crippen LogP contribution in [0.1, 0.15) is 24.5 Å². The van der Waals surface area contributed by atoms with E-state index >= 15 is 0 Å². The maximum Gasteiger partial charge on any atom is 0.0514 e. The van der Waals surface area contributed by atoms with Crippen LogP contribution < -0.4 is 5.73 Å². The Morgan fingerprint density at radius 2 is 2.17 bits per heavy atom. The molecule has 1 aromatic rings. The molecule has 1 unspecified atom stereocenters. The second kappa shape index (κ2) is 5.13. The van der Waals surface area contributed by atoms with Gasteiger partial charge in [-0.25, -0.2) is 0 Å². The molecule has 0 aromatic heterocycles. The third kappa shape index (κ3) is 2.58. The summed E-state index contributed by atoms with van der Waals surface area (Å²) in [6.45, 7) is 10.0. The van der Waals surface area contributed by atoms with Crippen LogP contribution in [-0.4, -0.2) is 6.04 Å². The molecule has 0 saturated carbocycles. The van der Waals surface area contributed by atoms with E-state index in [0.717, 1.165) is 34.6 Å². The van der Waals surface area contributed by atoms with Crippen molar-refractivity contribution in [1.82, 2.24) is 0 Å². The molecule has 2 N–H and O–H groups in total. The summed E-state index contributed by atoms with van der Waals surface area (Å²) in [5.74, 6) is 0. The molecule has 0 saturated heterocycles. The van der Waals surface area contributed by atoms with Gasteiger partial charge in [-0.1, -0.05) is 42.5 Å². The van der Waals surface area contributed by atoms with E-state index in [9.17, 15) is 0 Å². The fourth-order valence-corrected chi connectivity index (χ4v) is 2.58. The first-order chi connectivity index (χ1) is 8.49. The molecule has 0 aliphatic heterocycles. The standard InChI is InChI=1S/C16H18ClN/c1-10(2)8-13-5-4-12-9-14(17)6-7-15(12)11(3)16(13)18/h6-9,16H,1,3-5,18H2,2H3/b13-8-. The molecule has 0 fully saturated rings. The molecule has 1 aliphatic carbocycles. The molecule has 1 aliphatic rings. The fraction of sp³-hybridized carbons (Fsp3) is 0.250. The molecule has 0 bridgehead atoms. The Kier molecular flexibility index (Phi) is 3.74. The summed E-state index contributed by atoms with van der Waals surface area (Å²) in [5.41, 5.74) is 11.8. The molecular weight excluding hydrogens is 242 g/mol. The highest BCUT2D eigenvalue weighted by molar-refractivity contribution is 6.30. The van der Waals surface area contributed by atoms with Gasteiger partial charge in [-0.15, -0.1) is 0 Å². The number of allylic oxidation sites excluding steroid dienone is 2. The average molecular weight is 260 g/mol. The van der Waals surface area contributed by atoms with Crippen molar-refractivity contribution in [3.63, 3.8) is 0 Å². The van der Waals surface area contributed by atoms with Gasteiger partial charge in [0.25, 0.3) is 0 Å². The van der Waals surface area contributed by atoms with E-state index in [2.05, 4.69) is 19.2 Å². The number of hydrogen-bond donors (Lipinski definition) is 1. The summed E-state index contributed by atoms with van der Waals surface area (Å²) < 4.78 is 0. The topological polar surface area (TPSA) is 26.0 Å². The lowest BCUT2D eigenvalue weighted by Crippen LogP contribution is -2.23. The minimum absolute atomic E-state index is 0.121. The number of halogens is 1. The van der Waals surface area contributed by atoms with Crippen LogP contribution in [0.3, 0.4) is 0 Å². The van der Waals surface area contributed by atoms with Crippen molar-refractivity contribution in [2.24, 2.45) is 5.73 Å². The van der Waals surface area contributed by atoms with Crippen LogP contribution in [0.5, 0.6) is 0 Å². The van der Waals surface area contributed by atoms with Crippen molar-refractivity contribution >= 4 is 17.2 Å². The van der Waals surface area contributed by atoms with E-state index in [1.54, 1.807) is 0 Å². The number of hydrogen-bond acceptors (Lipinski definition) is 1. The molecular formula is C16H18ClN. The highest BCUT2D eigenvalue weighted by atomic mass is 35.5.